The maximum absolute atomic E-state index is 6.14. The zero-order valence-electron chi connectivity index (χ0n) is 9.80. The molecule has 1 aliphatic carbocycles. The molecule has 3 rings (SSSR count). The number of hydrogen-bond acceptors (Lipinski definition) is 3. The van der Waals surface area contributed by atoms with Gasteiger partial charge in [0.25, 0.3) is 0 Å². The Kier molecular flexibility index (Phi) is 3.14. The fourth-order valence-electron chi connectivity index (χ4n) is 1.79. The first-order valence-corrected chi connectivity index (χ1v) is 6.79. The Labute approximate surface area is 114 Å². The predicted octanol–water partition coefficient (Wildman–Crippen LogP) is 3.63. The molecule has 1 fully saturated rings. The summed E-state index contributed by atoms with van der Waals surface area (Å²) in [5.41, 5.74) is 7.15. The van der Waals surface area contributed by atoms with Crippen LogP contribution in [0.1, 0.15) is 30.2 Å². The van der Waals surface area contributed by atoms with E-state index in [0.29, 0.717) is 10.8 Å². The first-order valence-electron chi connectivity index (χ1n) is 6.00. The lowest BCUT2D eigenvalue weighted by Crippen LogP contribution is -2.10. The van der Waals surface area contributed by atoms with Gasteiger partial charge in [-0.05, 0) is 58.6 Å². The molecule has 94 valence electrons. The number of halogens is 1. The molecule has 0 spiro atoms. The average molecular weight is 308 g/mol. The average Bonchev–Trinajstić information content (AvgIpc) is 3.09. The second kappa shape index (κ2) is 4.78. The van der Waals surface area contributed by atoms with E-state index in [1.54, 1.807) is 0 Å². The molecule has 1 atom stereocenters. The Hall–Kier alpha value is -1.26. The van der Waals surface area contributed by atoms with Gasteiger partial charge in [0.15, 0.2) is 4.67 Å². The van der Waals surface area contributed by atoms with E-state index in [0.717, 1.165) is 17.1 Å². The van der Waals surface area contributed by atoms with Crippen molar-refractivity contribution in [3.05, 3.63) is 52.4 Å². The number of nitrogens with two attached hydrogens (primary N) is 1. The molecule has 0 radical (unpaired) electrons. The summed E-state index contributed by atoms with van der Waals surface area (Å²) >= 11 is 3.28. The highest BCUT2D eigenvalue weighted by Gasteiger charge is 2.23. The highest BCUT2D eigenvalue weighted by molar-refractivity contribution is 9.10. The van der Waals surface area contributed by atoms with E-state index in [1.165, 1.54) is 12.8 Å². The van der Waals surface area contributed by atoms with Gasteiger partial charge in [0.2, 0.25) is 0 Å². The summed E-state index contributed by atoms with van der Waals surface area (Å²) in [5.74, 6) is 1.66. The lowest BCUT2D eigenvalue weighted by atomic mass is 10.1. The number of benzene rings is 1. The van der Waals surface area contributed by atoms with Crippen molar-refractivity contribution in [1.82, 2.24) is 0 Å². The Morgan fingerprint density at radius 1 is 1.17 bits per heavy atom. The molecule has 4 heteroatoms. The molecule has 1 unspecified atom stereocenters. The van der Waals surface area contributed by atoms with Gasteiger partial charge in [0.05, 0.1) is 12.1 Å². The Balaban J connectivity index is 1.74. The van der Waals surface area contributed by atoms with Crippen molar-refractivity contribution in [2.75, 3.05) is 0 Å². The largest absolute Gasteiger partial charge is 0.490 e. The third kappa shape index (κ3) is 2.60. The van der Waals surface area contributed by atoms with Gasteiger partial charge in [-0.3, -0.25) is 0 Å². The van der Waals surface area contributed by atoms with Crippen LogP contribution in [0, 0.1) is 0 Å². The zero-order valence-corrected chi connectivity index (χ0v) is 11.4. The van der Waals surface area contributed by atoms with E-state index in [2.05, 4.69) is 15.9 Å². The van der Waals surface area contributed by atoms with E-state index >= 15 is 0 Å². The minimum absolute atomic E-state index is 0.244. The minimum atomic E-state index is -0.244. The van der Waals surface area contributed by atoms with Crippen molar-refractivity contribution in [1.29, 1.82) is 0 Å². The highest BCUT2D eigenvalue weighted by atomic mass is 79.9. The summed E-state index contributed by atoms with van der Waals surface area (Å²) < 4.78 is 11.9. The first kappa shape index (κ1) is 11.8. The van der Waals surface area contributed by atoms with Crippen LogP contribution in [-0.4, -0.2) is 6.10 Å². The van der Waals surface area contributed by atoms with Gasteiger partial charge in [-0.2, -0.15) is 0 Å². The monoisotopic (exact) mass is 307 g/mol. The second-order valence-electron chi connectivity index (χ2n) is 4.51. The highest BCUT2D eigenvalue weighted by Crippen LogP contribution is 2.29. The number of rotatable bonds is 4. The third-order valence-corrected chi connectivity index (χ3v) is 3.39. The topological polar surface area (TPSA) is 48.4 Å². The van der Waals surface area contributed by atoms with Crippen molar-refractivity contribution in [3.8, 4) is 5.75 Å². The molecule has 3 nitrogen and oxygen atoms in total. The maximum atomic E-state index is 6.14. The fraction of sp³-hybridized carbons (Fsp3) is 0.286. The van der Waals surface area contributed by atoms with Crippen LogP contribution >= 0.6 is 15.9 Å². The summed E-state index contributed by atoms with van der Waals surface area (Å²) in [6.07, 6.45) is 2.76. The van der Waals surface area contributed by atoms with Crippen LogP contribution in [0.25, 0.3) is 0 Å². The first-order chi connectivity index (χ1) is 8.72. The van der Waals surface area contributed by atoms with E-state index in [9.17, 15) is 0 Å². The summed E-state index contributed by atoms with van der Waals surface area (Å²) in [4.78, 5) is 0. The van der Waals surface area contributed by atoms with Crippen molar-refractivity contribution < 1.29 is 9.15 Å². The molecular formula is C14H14BrNO2. The zero-order chi connectivity index (χ0) is 12.5. The summed E-state index contributed by atoms with van der Waals surface area (Å²) in [6, 6.07) is 11.4. The number of hydrogen-bond donors (Lipinski definition) is 1. The van der Waals surface area contributed by atoms with Crippen LogP contribution in [0.3, 0.4) is 0 Å². The molecule has 0 amide bonds. The molecule has 0 aliphatic heterocycles. The Morgan fingerprint density at radius 3 is 2.44 bits per heavy atom. The van der Waals surface area contributed by atoms with Crippen LogP contribution in [0.15, 0.2) is 45.5 Å². The fourth-order valence-corrected chi connectivity index (χ4v) is 2.11. The summed E-state index contributed by atoms with van der Waals surface area (Å²) in [5, 5.41) is 0. The molecule has 1 aliphatic rings. The van der Waals surface area contributed by atoms with Crippen molar-refractivity contribution in [2.24, 2.45) is 5.73 Å². The van der Waals surface area contributed by atoms with Gasteiger partial charge >= 0.3 is 0 Å². The van der Waals surface area contributed by atoms with E-state index in [4.69, 9.17) is 14.9 Å². The standard InChI is InChI=1S/C14H14BrNO2/c15-13-8-7-12(18-13)14(16)9-1-3-10(4-2-9)17-11-5-6-11/h1-4,7-8,11,14H,5-6,16H2. The Morgan fingerprint density at radius 2 is 1.89 bits per heavy atom. The maximum Gasteiger partial charge on any atom is 0.169 e. The molecule has 2 aromatic rings. The molecule has 2 N–H and O–H groups in total. The van der Waals surface area contributed by atoms with Gasteiger partial charge in [-0.1, -0.05) is 12.1 Å². The van der Waals surface area contributed by atoms with Gasteiger partial charge in [-0.25, -0.2) is 0 Å². The molecule has 18 heavy (non-hydrogen) atoms. The Bertz CT molecular complexity index is 531. The van der Waals surface area contributed by atoms with Gasteiger partial charge in [0.1, 0.15) is 11.5 Å². The normalized spacial score (nSPS) is 16.6. The van der Waals surface area contributed by atoms with Gasteiger partial charge < -0.3 is 14.9 Å². The van der Waals surface area contributed by atoms with Gasteiger partial charge in [-0.15, -0.1) is 0 Å². The SMILES string of the molecule is NC(c1ccc(OC2CC2)cc1)c1ccc(Br)o1. The summed E-state index contributed by atoms with van der Waals surface area (Å²) in [7, 11) is 0. The van der Waals surface area contributed by atoms with Crippen LogP contribution in [0.4, 0.5) is 0 Å². The van der Waals surface area contributed by atoms with Gasteiger partial charge in [0, 0.05) is 0 Å². The summed E-state index contributed by atoms with van der Waals surface area (Å²) in [6.45, 7) is 0. The molecule has 1 aromatic carbocycles. The molecular weight excluding hydrogens is 294 g/mol. The lowest BCUT2D eigenvalue weighted by molar-refractivity contribution is 0.303. The van der Waals surface area contributed by atoms with E-state index in [-0.39, 0.29) is 6.04 Å². The molecule has 1 saturated carbocycles. The number of ether oxygens (including phenoxy) is 1. The van der Waals surface area contributed by atoms with Crippen molar-refractivity contribution >= 4 is 15.9 Å². The third-order valence-electron chi connectivity index (χ3n) is 2.97. The van der Waals surface area contributed by atoms with E-state index in [1.807, 2.05) is 36.4 Å². The van der Waals surface area contributed by atoms with Crippen LogP contribution in [-0.2, 0) is 0 Å². The quantitative estimate of drug-likeness (QED) is 0.938. The molecule has 1 aromatic heterocycles. The van der Waals surface area contributed by atoms with Crippen LogP contribution < -0.4 is 10.5 Å². The minimum Gasteiger partial charge on any atom is -0.490 e. The lowest BCUT2D eigenvalue weighted by Gasteiger charge is -2.10. The molecule has 0 bridgehead atoms. The van der Waals surface area contributed by atoms with Crippen molar-refractivity contribution in [3.63, 3.8) is 0 Å². The smallest absolute Gasteiger partial charge is 0.169 e. The van der Waals surface area contributed by atoms with Crippen molar-refractivity contribution in [2.45, 2.75) is 25.0 Å². The number of furan rings is 1. The second-order valence-corrected chi connectivity index (χ2v) is 5.29. The predicted molar refractivity (Wildman–Crippen MR) is 72.5 cm³/mol. The molecule has 1 heterocycles. The molecule has 0 saturated heterocycles. The van der Waals surface area contributed by atoms with E-state index < -0.39 is 0 Å². The van der Waals surface area contributed by atoms with Crippen LogP contribution in [0.2, 0.25) is 0 Å². The van der Waals surface area contributed by atoms with Crippen LogP contribution in [0.5, 0.6) is 5.75 Å².